The Morgan fingerprint density at radius 3 is 2.28 bits per heavy atom. The van der Waals surface area contributed by atoms with Crippen LogP contribution in [0.5, 0.6) is 5.75 Å². The van der Waals surface area contributed by atoms with Gasteiger partial charge in [0.15, 0.2) is 23.1 Å². The molecular weight excluding hydrogens is 721 g/mol. The molecule has 2 heterocycles. The average Bonchev–Trinajstić information content (AvgIpc) is 3.70. The zero-order chi connectivity index (χ0) is 36.2. The van der Waals surface area contributed by atoms with E-state index in [-0.39, 0.29) is 32.0 Å². The molecule has 0 saturated heterocycles. The summed E-state index contributed by atoms with van der Waals surface area (Å²) in [5.74, 6) is -0.633. The van der Waals surface area contributed by atoms with Crippen molar-refractivity contribution in [2.45, 2.75) is 63.3 Å². The lowest BCUT2D eigenvalue weighted by atomic mass is 9.82. The largest absolute Gasteiger partial charge is 0.481 e. The van der Waals surface area contributed by atoms with Gasteiger partial charge < -0.3 is 9.30 Å². The molecule has 5 rings (SSSR count). The molecule has 1 aliphatic rings. The maximum absolute atomic E-state index is 14.3. The normalized spacial score (nSPS) is 15.0. The number of urea groups is 1. The summed E-state index contributed by atoms with van der Waals surface area (Å²) < 4.78 is 7.60. The van der Waals surface area contributed by atoms with Crippen LogP contribution in [0, 0.1) is 0 Å². The van der Waals surface area contributed by atoms with Crippen molar-refractivity contribution >= 4 is 81.6 Å². The number of thioether (sulfide) groups is 1. The van der Waals surface area contributed by atoms with Gasteiger partial charge in [0, 0.05) is 17.4 Å². The van der Waals surface area contributed by atoms with Crippen molar-refractivity contribution in [3.05, 3.63) is 99.8 Å². The zero-order valence-corrected chi connectivity index (χ0v) is 31.1. The lowest BCUT2D eigenvalue weighted by Gasteiger charge is -2.27. The first-order chi connectivity index (χ1) is 23.9. The molecule has 1 aromatic heterocycles. The number of carbonyl (C=O) groups excluding carboxylic acids is 3. The van der Waals surface area contributed by atoms with E-state index >= 15 is 0 Å². The Balaban J connectivity index is 1.46. The van der Waals surface area contributed by atoms with E-state index in [2.05, 4.69) is 41.7 Å². The van der Waals surface area contributed by atoms with E-state index in [1.165, 1.54) is 35.0 Å². The van der Waals surface area contributed by atoms with E-state index in [9.17, 15) is 14.4 Å². The molecule has 2 N–H and O–H groups in total. The van der Waals surface area contributed by atoms with Gasteiger partial charge in [-0.2, -0.15) is 5.01 Å². The van der Waals surface area contributed by atoms with Crippen LogP contribution in [0.2, 0.25) is 15.1 Å². The SMILES string of the molecule is CCC(Oc1ccc(C(C)(C)CC)cc1)C(=O)NNC(=O)N(C1=NN(c2c(Cl)cc(Cl)cc2Cl)C(=O)C1n1ccnc1SC)c1ccccc1. The molecule has 0 aliphatic carbocycles. The van der Waals surface area contributed by atoms with E-state index < -0.39 is 30.0 Å². The van der Waals surface area contributed by atoms with Crippen molar-refractivity contribution < 1.29 is 19.1 Å². The quantitative estimate of drug-likeness (QED) is 0.124. The van der Waals surface area contributed by atoms with Crippen molar-refractivity contribution in [3.63, 3.8) is 0 Å². The number of ether oxygens (including phenoxy) is 1. The number of nitrogens with one attached hydrogen (secondary N) is 2. The number of hydrazine groups is 1. The van der Waals surface area contributed by atoms with Gasteiger partial charge in [0.25, 0.3) is 11.8 Å². The number of rotatable bonds is 10. The van der Waals surface area contributed by atoms with Gasteiger partial charge in [0.1, 0.15) is 11.4 Å². The van der Waals surface area contributed by atoms with Crippen molar-refractivity contribution in [3.8, 4) is 5.75 Å². The standard InChI is InChI=1S/C35H36Cl3N7O4S/c1-6-27(49-24-15-13-21(14-16-24)35(3,4)7-2)31(46)40-41-33(48)44(23-11-9-8-10-12-23)30-29(43-18-17-39-34(43)50-5)32(47)45(42-30)28-25(37)19-22(36)20-26(28)38/h8-20,27,29H,6-7H2,1-5H3,(H,40,46)(H,41,48). The number of hydrogen-bond acceptors (Lipinski definition) is 7. The number of imidazole rings is 1. The molecule has 11 nitrogen and oxygen atoms in total. The molecule has 2 unspecified atom stereocenters. The van der Waals surface area contributed by atoms with E-state index in [0.717, 1.165) is 17.0 Å². The fraction of sp³-hybridized carbons (Fsp3) is 0.286. The van der Waals surface area contributed by atoms with E-state index in [1.807, 2.05) is 30.5 Å². The Morgan fingerprint density at radius 2 is 1.68 bits per heavy atom. The van der Waals surface area contributed by atoms with Gasteiger partial charge in [-0.1, -0.05) is 105 Å². The van der Waals surface area contributed by atoms with Crippen molar-refractivity contribution in [2.75, 3.05) is 16.2 Å². The third-order valence-electron chi connectivity index (χ3n) is 8.38. The minimum atomic E-state index is -1.18. The maximum Gasteiger partial charge on any atom is 0.346 e. The highest BCUT2D eigenvalue weighted by Gasteiger charge is 2.45. The van der Waals surface area contributed by atoms with Crippen LogP contribution in [0.3, 0.4) is 0 Å². The Morgan fingerprint density at radius 1 is 1.02 bits per heavy atom. The molecule has 0 radical (unpaired) electrons. The third kappa shape index (κ3) is 7.73. The number of amidine groups is 1. The number of nitrogens with zero attached hydrogens (tertiary/aromatic N) is 5. The number of para-hydroxylation sites is 1. The van der Waals surface area contributed by atoms with Crippen LogP contribution in [0.15, 0.2) is 89.4 Å². The first-order valence-corrected chi connectivity index (χ1v) is 18.1. The third-order valence-corrected chi connectivity index (χ3v) is 9.85. The second kappa shape index (κ2) is 15.8. The van der Waals surface area contributed by atoms with Crippen LogP contribution >= 0.6 is 46.6 Å². The number of aromatic nitrogens is 2. The van der Waals surface area contributed by atoms with Crippen LogP contribution in [-0.2, 0) is 15.0 Å². The van der Waals surface area contributed by atoms with Gasteiger partial charge >= 0.3 is 6.03 Å². The molecule has 0 spiro atoms. The number of benzene rings is 3. The molecule has 262 valence electrons. The molecule has 0 fully saturated rings. The van der Waals surface area contributed by atoms with Gasteiger partial charge in [-0.15, -0.1) is 5.10 Å². The molecule has 1 aliphatic heterocycles. The number of carbonyl (C=O) groups is 3. The number of halogens is 3. The van der Waals surface area contributed by atoms with E-state index in [1.54, 1.807) is 48.0 Å². The van der Waals surface area contributed by atoms with Crippen molar-refractivity contribution in [2.24, 2.45) is 5.10 Å². The first kappa shape index (κ1) is 37.0. The van der Waals surface area contributed by atoms with Crippen molar-refractivity contribution in [1.29, 1.82) is 0 Å². The van der Waals surface area contributed by atoms with Gasteiger partial charge in [-0.05, 0) is 66.5 Å². The number of amides is 4. The smallest absolute Gasteiger partial charge is 0.346 e. The molecule has 0 bridgehead atoms. The molecule has 3 aromatic carbocycles. The fourth-order valence-corrected chi connectivity index (χ4v) is 6.77. The summed E-state index contributed by atoms with van der Waals surface area (Å²) in [6.45, 7) is 8.26. The zero-order valence-electron chi connectivity index (χ0n) is 28.0. The molecule has 0 saturated carbocycles. The Labute approximate surface area is 309 Å². The summed E-state index contributed by atoms with van der Waals surface area (Å²) in [7, 11) is 0. The maximum atomic E-state index is 14.3. The second-order valence-corrected chi connectivity index (χ2v) is 13.9. The van der Waals surface area contributed by atoms with Crippen molar-refractivity contribution in [1.82, 2.24) is 20.4 Å². The Kier molecular flexibility index (Phi) is 11.7. The summed E-state index contributed by atoms with van der Waals surface area (Å²) in [6.07, 6.45) is 5.34. The lowest BCUT2D eigenvalue weighted by Crippen LogP contribution is -2.55. The van der Waals surface area contributed by atoms with Gasteiger partial charge in [-0.3, -0.25) is 15.0 Å². The molecule has 15 heteroatoms. The summed E-state index contributed by atoms with van der Waals surface area (Å²) in [6, 6.07) is 17.1. The number of hydrazone groups is 1. The summed E-state index contributed by atoms with van der Waals surface area (Å²) >= 11 is 20.5. The number of anilines is 2. The molecular formula is C35H36Cl3N7O4S. The van der Waals surface area contributed by atoms with Crippen LogP contribution in [0.25, 0.3) is 0 Å². The highest BCUT2D eigenvalue weighted by molar-refractivity contribution is 7.98. The predicted octanol–water partition coefficient (Wildman–Crippen LogP) is 8.26. The molecule has 4 aromatic rings. The lowest BCUT2D eigenvalue weighted by molar-refractivity contribution is -0.128. The predicted molar refractivity (Wildman–Crippen MR) is 199 cm³/mol. The molecule has 4 amide bonds. The first-order valence-electron chi connectivity index (χ1n) is 15.8. The second-order valence-electron chi connectivity index (χ2n) is 11.9. The van der Waals surface area contributed by atoms with Crippen LogP contribution in [0.4, 0.5) is 16.2 Å². The van der Waals surface area contributed by atoms with Crippen LogP contribution in [-0.4, -0.2) is 45.6 Å². The fourth-order valence-electron chi connectivity index (χ4n) is 5.25. The van der Waals surface area contributed by atoms with E-state index in [4.69, 9.17) is 39.5 Å². The molecule has 50 heavy (non-hydrogen) atoms. The monoisotopic (exact) mass is 755 g/mol. The van der Waals surface area contributed by atoms with Gasteiger partial charge in [0.05, 0.1) is 15.7 Å². The topological polar surface area (TPSA) is 121 Å². The Hall–Kier alpha value is -4.23. The summed E-state index contributed by atoms with van der Waals surface area (Å²) in [5.41, 5.74) is 6.57. The summed E-state index contributed by atoms with van der Waals surface area (Å²) in [5, 5.41) is 6.57. The van der Waals surface area contributed by atoms with E-state index in [0.29, 0.717) is 23.0 Å². The summed E-state index contributed by atoms with van der Waals surface area (Å²) in [4.78, 5) is 47.3. The minimum absolute atomic E-state index is 0.00137. The van der Waals surface area contributed by atoms with Gasteiger partial charge in [0.2, 0.25) is 0 Å². The van der Waals surface area contributed by atoms with Gasteiger partial charge in [-0.25, -0.2) is 20.1 Å². The molecule has 2 atom stereocenters. The highest BCUT2D eigenvalue weighted by atomic mass is 35.5. The highest BCUT2D eigenvalue weighted by Crippen LogP contribution is 2.41. The van der Waals surface area contributed by atoms with Crippen LogP contribution in [0.1, 0.15) is 52.1 Å². The Bertz CT molecular complexity index is 1880. The van der Waals surface area contributed by atoms with Crippen LogP contribution < -0.4 is 25.5 Å². The number of hydrogen-bond donors (Lipinski definition) is 2. The minimum Gasteiger partial charge on any atom is -0.481 e. The average molecular weight is 757 g/mol.